The number of aryl methyl sites for hydroxylation is 1. The van der Waals surface area contributed by atoms with Gasteiger partial charge in [0.15, 0.2) is 0 Å². The summed E-state index contributed by atoms with van der Waals surface area (Å²) < 4.78 is 10.2. The standard InChI is InChI=1S/C16H26N2O.C14H22N2O.C13H20N2O.C12H18N2O2.C11H16N2O2.C10H13ClN2O.C10H14N2O2.C9H11ClN2O/c1-7-8-18(6)15(19)12-9-13(16(2,3)4)11-14(10-12)17-5;1-14(2,3)11-7-10(13(17)16(5)6)8-12(9-11)15-4;1-13(2,3)10-6-9(12(16)15-5)7-11(8-10)14-4;1-9-6-10(8-11(7-9)13-2)12(16)14(3)4-5-15;1-12-9-5-8(11(14)13(2)3)6-10(7-9)15-4;1-12-9-5-7(4-8(11)6-9)10(14)13(2)3;1-11-8-4-7(10(13)12-2)5-9(6-8)14-3;1-11-8-4-6(9(13)12-2)3-7(10)5-8/h9-11,17H,7-8H2,1-6H3;7-9,15H,1-6H3;6-8,14H,1-5H3,(H,15,16);6-8,13,15H,4-5H2,1-3H3;5-7,12H,1-4H3;4-6,12H,1-3H3;4-6,11H,1-3H3,(H,12,13);3-5,11H,1-2H3,(H,12,13). The van der Waals surface area contributed by atoms with Crippen LogP contribution in [0.2, 0.25) is 10.0 Å². The van der Waals surface area contributed by atoms with Gasteiger partial charge in [0.1, 0.15) is 11.5 Å². The average molecular weight is 1750 g/mol. The van der Waals surface area contributed by atoms with Gasteiger partial charge in [-0.3, -0.25) is 38.4 Å². The summed E-state index contributed by atoms with van der Waals surface area (Å²) in [6, 6.07) is 44.5. The zero-order valence-electron chi connectivity index (χ0n) is 79.2. The second kappa shape index (κ2) is 53.8. The molecule has 124 heavy (non-hydrogen) atoms. The second-order valence-corrected chi connectivity index (χ2v) is 33.0. The SMILES string of the molecule is CCCN(C)C(=O)c1cc(NC)cc(C(C)(C)C)c1.CNC(=O)c1cc(Cl)cc(NC)c1.CNC(=O)c1cc(NC)cc(C(C)(C)C)c1.CNC(=O)c1cc(NC)cc(OC)c1.CNc1cc(C(=O)N(C)C)cc(C(C)(C)C)c1.CNc1cc(C)cc(C(=O)N(C)CCO)c1.CNc1cc(Cl)cc(C(=O)N(C)C)c1.CNc1cc(OC)cc(C(=O)N(C)C)c1. The van der Waals surface area contributed by atoms with Crippen molar-refractivity contribution >= 4 is 116 Å². The molecule has 0 aromatic heterocycles. The van der Waals surface area contributed by atoms with Crippen LogP contribution in [0.4, 0.5) is 45.5 Å². The first-order chi connectivity index (χ1) is 58.0. The first-order valence-corrected chi connectivity index (χ1v) is 41.2. The van der Waals surface area contributed by atoms with Gasteiger partial charge in [0.05, 0.1) is 20.8 Å². The van der Waals surface area contributed by atoms with Crippen LogP contribution in [0.5, 0.6) is 11.5 Å². The lowest BCUT2D eigenvalue weighted by atomic mass is 9.85. The van der Waals surface area contributed by atoms with Crippen molar-refractivity contribution in [3.05, 3.63) is 222 Å². The van der Waals surface area contributed by atoms with Crippen LogP contribution >= 0.6 is 23.2 Å². The quantitative estimate of drug-likeness (QED) is 0.0300. The Labute approximate surface area is 748 Å². The number of amides is 8. The lowest BCUT2D eigenvalue weighted by Gasteiger charge is -2.23. The van der Waals surface area contributed by atoms with Crippen LogP contribution in [-0.2, 0) is 16.2 Å². The number of carbonyl (C=O) groups is 8. The summed E-state index contributed by atoms with van der Waals surface area (Å²) in [6.07, 6.45) is 0.972. The van der Waals surface area contributed by atoms with Crippen molar-refractivity contribution in [3.8, 4) is 11.5 Å². The Morgan fingerprint density at radius 2 is 0.548 bits per heavy atom. The highest BCUT2D eigenvalue weighted by molar-refractivity contribution is 6.31. The van der Waals surface area contributed by atoms with E-state index in [2.05, 4.69) is 146 Å². The Bertz CT molecular complexity index is 4740. The van der Waals surface area contributed by atoms with Crippen molar-refractivity contribution in [3.63, 3.8) is 0 Å². The van der Waals surface area contributed by atoms with E-state index in [0.717, 1.165) is 86.3 Å². The number of rotatable bonds is 22. The third-order valence-electron chi connectivity index (χ3n) is 18.5. The van der Waals surface area contributed by atoms with Crippen molar-refractivity contribution in [2.75, 3.05) is 210 Å². The van der Waals surface area contributed by atoms with E-state index in [4.69, 9.17) is 37.8 Å². The van der Waals surface area contributed by atoms with Gasteiger partial charge >= 0.3 is 0 Å². The Kier molecular flexibility index (Phi) is 47.8. The van der Waals surface area contributed by atoms with Gasteiger partial charge in [0, 0.05) is 259 Å². The van der Waals surface area contributed by atoms with E-state index in [1.165, 1.54) is 20.3 Å². The van der Waals surface area contributed by atoms with Crippen LogP contribution < -0.4 is 68.0 Å². The molecular weight excluding hydrogens is 1610 g/mol. The zero-order valence-corrected chi connectivity index (χ0v) is 80.7. The highest BCUT2D eigenvalue weighted by atomic mass is 35.5. The molecule has 0 bridgehead atoms. The largest absolute Gasteiger partial charge is 0.497 e. The third-order valence-corrected chi connectivity index (χ3v) is 18.9. The molecule has 0 aliphatic rings. The summed E-state index contributed by atoms with van der Waals surface area (Å²) in [5.41, 5.74) is 17.0. The number of aliphatic hydroxyl groups excluding tert-OH is 1. The minimum Gasteiger partial charge on any atom is -0.497 e. The second-order valence-electron chi connectivity index (χ2n) is 32.1. The summed E-state index contributed by atoms with van der Waals surface area (Å²) in [6.45, 7) is 24.5. The van der Waals surface area contributed by atoms with Crippen molar-refractivity contribution in [2.24, 2.45) is 0 Å². The Hall–Kier alpha value is -11.9. The summed E-state index contributed by atoms with van der Waals surface area (Å²) in [5.74, 6) is 0.977. The first kappa shape index (κ1) is 110. The number of methoxy groups -OCH3 is 2. The molecule has 27 nitrogen and oxygen atoms in total. The van der Waals surface area contributed by atoms with Crippen molar-refractivity contribution in [2.45, 2.75) is 98.8 Å². The van der Waals surface area contributed by atoms with E-state index in [1.54, 1.807) is 183 Å². The Morgan fingerprint density at radius 1 is 0.315 bits per heavy atom. The number of aliphatic hydroxyl groups is 1. The Morgan fingerprint density at radius 3 is 0.839 bits per heavy atom. The van der Waals surface area contributed by atoms with Crippen LogP contribution in [0.15, 0.2) is 146 Å². The molecule has 0 radical (unpaired) electrons. The smallest absolute Gasteiger partial charge is 0.253 e. The first-order valence-electron chi connectivity index (χ1n) is 40.4. The molecule has 29 heteroatoms. The van der Waals surface area contributed by atoms with Crippen LogP contribution in [-0.4, -0.2) is 245 Å². The molecule has 0 saturated heterocycles. The highest BCUT2D eigenvalue weighted by Crippen LogP contribution is 2.31. The van der Waals surface area contributed by atoms with Crippen LogP contribution in [0, 0.1) is 6.92 Å². The van der Waals surface area contributed by atoms with E-state index in [0.29, 0.717) is 61.5 Å². The van der Waals surface area contributed by atoms with Crippen molar-refractivity contribution in [1.82, 2.24) is 40.4 Å². The molecule has 12 N–H and O–H groups in total. The topological polar surface area (TPSA) is 324 Å². The van der Waals surface area contributed by atoms with Gasteiger partial charge in [-0.15, -0.1) is 0 Å². The van der Waals surface area contributed by atoms with Gasteiger partial charge < -0.3 is 97.6 Å². The van der Waals surface area contributed by atoms with Crippen molar-refractivity contribution in [1.29, 1.82) is 0 Å². The van der Waals surface area contributed by atoms with E-state index in [9.17, 15) is 38.4 Å². The fourth-order valence-electron chi connectivity index (χ4n) is 11.1. The van der Waals surface area contributed by atoms with E-state index >= 15 is 0 Å². The maximum absolute atomic E-state index is 12.4. The molecule has 0 heterocycles. The van der Waals surface area contributed by atoms with Gasteiger partial charge in [0.25, 0.3) is 47.3 Å². The van der Waals surface area contributed by atoms with E-state index in [-0.39, 0.29) is 70.1 Å². The normalized spacial score (nSPS) is 10.3. The van der Waals surface area contributed by atoms with Crippen molar-refractivity contribution < 1.29 is 52.9 Å². The van der Waals surface area contributed by atoms with Gasteiger partial charge in [-0.2, -0.15) is 0 Å². The molecule has 0 atom stereocenters. The molecule has 680 valence electrons. The summed E-state index contributed by atoms with van der Waals surface area (Å²) in [5, 5.41) is 41.8. The summed E-state index contributed by atoms with van der Waals surface area (Å²) in [4.78, 5) is 102. The van der Waals surface area contributed by atoms with Gasteiger partial charge in [-0.25, -0.2) is 0 Å². The monoisotopic (exact) mass is 1750 g/mol. The number of ether oxygens (including phenoxy) is 2. The molecule has 8 rings (SSSR count). The predicted octanol–water partition coefficient (Wildman–Crippen LogP) is 16.1. The average Bonchev–Trinajstić information content (AvgIpc) is 0.998. The van der Waals surface area contributed by atoms with Gasteiger partial charge in [-0.05, 0) is 185 Å². The van der Waals surface area contributed by atoms with E-state index < -0.39 is 0 Å². The molecule has 8 amide bonds. The number of benzene rings is 8. The van der Waals surface area contributed by atoms with Gasteiger partial charge in [-0.1, -0.05) is 92.4 Å². The summed E-state index contributed by atoms with van der Waals surface area (Å²) >= 11 is 11.7. The molecule has 0 aliphatic carbocycles. The molecular formula is C95H140Cl2N16O11. The minimum atomic E-state index is -0.140. The fraction of sp³-hybridized carbons (Fsp3) is 0.411. The minimum absolute atomic E-state index is 0.0209. The molecule has 0 spiro atoms. The number of nitrogens with zero attached hydrogens (tertiary/aromatic N) is 5. The molecule has 0 saturated carbocycles. The zero-order chi connectivity index (χ0) is 94.9. The van der Waals surface area contributed by atoms with Crippen LogP contribution in [0.1, 0.15) is 181 Å². The number of hydrogen-bond acceptors (Lipinski definition) is 19. The Balaban J connectivity index is 0.000000710. The lowest BCUT2D eigenvalue weighted by Crippen LogP contribution is -2.29. The number of likely N-dealkylation sites (N-methyl/N-ethyl adjacent to an activating group) is 1. The fourth-order valence-corrected chi connectivity index (χ4v) is 11.6. The third kappa shape index (κ3) is 37.8. The molecule has 0 aliphatic heterocycles. The highest BCUT2D eigenvalue weighted by Gasteiger charge is 2.23. The lowest BCUT2D eigenvalue weighted by molar-refractivity contribution is 0.0764. The number of anilines is 8. The van der Waals surface area contributed by atoms with Gasteiger partial charge in [0.2, 0.25) is 0 Å². The number of carbonyl (C=O) groups excluding carboxylic acids is 8. The predicted molar refractivity (Wildman–Crippen MR) is 517 cm³/mol. The van der Waals surface area contributed by atoms with Crippen LogP contribution in [0.25, 0.3) is 0 Å². The number of hydrogen-bond donors (Lipinski definition) is 12. The van der Waals surface area contributed by atoms with E-state index in [1.807, 2.05) is 109 Å². The number of nitrogens with one attached hydrogen (secondary N) is 11. The number of halogens is 2. The maximum atomic E-state index is 12.4. The molecule has 8 aromatic carbocycles. The van der Waals surface area contributed by atoms with Crippen LogP contribution in [0.3, 0.4) is 0 Å². The summed E-state index contributed by atoms with van der Waals surface area (Å²) in [7, 11) is 36.5. The maximum Gasteiger partial charge on any atom is 0.253 e. The molecule has 8 aromatic rings. The molecule has 0 fully saturated rings. The molecule has 0 unspecified atom stereocenters.